The summed E-state index contributed by atoms with van der Waals surface area (Å²) in [6.07, 6.45) is 3.35. The molecule has 1 saturated carbocycles. The SMILES string of the molecule is CS(=O)(=O)N1CCNCC12CC2. The molecule has 2 aliphatic rings. The molecule has 1 spiro atoms. The Bertz CT molecular complexity index is 282. The Morgan fingerprint density at radius 1 is 1.42 bits per heavy atom. The van der Waals surface area contributed by atoms with Gasteiger partial charge in [-0.1, -0.05) is 0 Å². The minimum atomic E-state index is -2.98. The van der Waals surface area contributed by atoms with Gasteiger partial charge in [-0.05, 0) is 12.8 Å². The predicted octanol–water partition coefficient (Wildman–Crippen LogP) is -0.616. The van der Waals surface area contributed by atoms with Crippen LogP contribution in [0, 0.1) is 0 Å². The van der Waals surface area contributed by atoms with Crippen LogP contribution in [0.1, 0.15) is 12.8 Å². The van der Waals surface area contributed by atoms with Gasteiger partial charge in [0.05, 0.1) is 6.26 Å². The summed E-state index contributed by atoms with van der Waals surface area (Å²) in [6, 6.07) is 0. The fourth-order valence-electron chi connectivity index (χ4n) is 1.92. The quantitative estimate of drug-likeness (QED) is 0.600. The zero-order chi connectivity index (χ0) is 8.82. The molecule has 0 aromatic rings. The van der Waals surface area contributed by atoms with Crippen molar-refractivity contribution in [2.24, 2.45) is 0 Å². The Kier molecular flexibility index (Phi) is 1.72. The number of nitrogens with zero attached hydrogens (tertiary/aromatic N) is 1. The van der Waals surface area contributed by atoms with Crippen LogP contribution >= 0.6 is 0 Å². The number of nitrogens with one attached hydrogen (secondary N) is 1. The van der Waals surface area contributed by atoms with Gasteiger partial charge in [0.2, 0.25) is 10.0 Å². The average Bonchev–Trinajstić information content (AvgIpc) is 2.68. The summed E-state index contributed by atoms with van der Waals surface area (Å²) in [5.41, 5.74) is -0.0359. The topological polar surface area (TPSA) is 49.4 Å². The molecule has 2 fully saturated rings. The lowest BCUT2D eigenvalue weighted by atomic mass is 10.2. The van der Waals surface area contributed by atoms with Crippen LogP contribution in [0.15, 0.2) is 0 Å². The van der Waals surface area contributed by atoms with Crippen LogP contribution in [0.5, 0.6) is 0 Å². The summed E-state index contributed by atoms with van der Waals surface area (Å²) < 4.78 is 24.3. The molecule has 0 amide bonds. The average molecular weight is 190 g/mol. The summed E-state index contributed by atoms with van der Waals surface area (Å²) in [4.78, 5) is 0. The van der Waals surface area contributed by atoms with Gasteiger partial charge < -0.3 is 5.32 Å². The Balaban J connectivity index is 2.23. The third-order valence-corrected chi connectivity index (χ3v) is 4.07. The third-order valence-electron chi connectivity index (χ3n) is 2.70. The van der Waals surface area contributed by atoms with Crippen molar-refractivity contribution in [2.75, 3.05) is 25.9 Å². The van der Waals surface area contributed by atoms with Gasteiger partial charge in [0.1, 0.15) is 0 Å². The minimum Gasteiger partial charge on any atom is -0.314 e. The number of hydrogen-bond acceptors (Lipinski definition) is 3. The molecule has 0 unspecified atom stereocenters. The van der Waals surface area contributed by atoms with Gasteiger partial charge in [-0.15, -0.1) is 0 Å². The molecule has 12 heavy (non-hydrogen) atoms. The Hall–Kier alpha value is -0.130. The summed E-state index contributed by atoms with van der Waals surface area (Å²) in [5.74, 6) is 0. The maximum atomic E-state index is 11.3. The van der Waals surface area contributed by atoms with E-state index in [1.54, 1.807) is 4.31 Å². The van der Waals surface area contributed by atoms with Crippen LogP contribution in [0.25, 0.3) is 0 Å². The zero-order valence-electron chi connectivity index (χ0n) is 7.21. The predicted molar refractivity (Wildman–Crippen MR) is 46.4 cm³/mol. The lowest BCUT2D eigenvalue weighted by Crippen LogP contribution is -2.55. The number of piperazine rings is 1. The van der Waals surface area contributed by atoms with Crippen molar-refractivity contribution in [2.45, 2.75) is 18.4 Å². The summed E-state index contributed by atoms with van der Waals surface area (Å²) >= 11 is 0. The molecule has 1 aliphatic carbocycles. The first kappa shape index (κ1) is 8.47. The number of rotatable bonds is 1. The lowest BCUT2D eigenvalue weighted by Gasteiger charge is -2.34. The molecule has 1 N–H and O–H groups in total. The van der Waals surface area contributed by atoms with Crippen molar-refractivity contribution in [1.82, 2.24) is 9.62 Å². The monoisotopic (exact) mass is 190 g/mol. The highest BCUT2D eigenvalue weighted by atomic mass is 32.2. The molecular weight excluding hydrogens is 176 g/mol. The summed E-state index contributed by atoms with van der Waals surface area (Å²) in [6.45, 7) is 2.26. The summed E-state index contributed by atoms with van der Waals surface area (Å²) in [5, 5.41) is 3.23. The molecule has 70 valence electrons. The van der Waals surface area contributed by atoms with Crippen molar-refractivity contribution >= 4 is 10.0 Å². The summed E-state index contributed by atoms with van der Waals surface area (Å²) in [7, 11) is -2.98. The highest BCUT2D eigenvalue weighted by Crippen LogP contribution is 2.43. The van der Waals surface area contributed by atoms with Crippen LogP contribution < -0.4 is 5.32 Å². The molecular formula is C7H14N2O2S. The van der Waals surface area contributed by atoms with E-state index < -0.39 is 10.0 Å². The minimum absolute atomic E-state index is 0.0359. The van der Waals surface area contributed by atoms with Crippen molar-refractivity contribution in [1.29, 1.82) is 0 Å². The molecule has 5 heteroatoms. The zero-order valence-corrected chi connectivity index (χ0v) is 8.02. The van der Waals surface area contributed by atoms with E-state index in [1.807, 2.05) is 0 Å². The lowest BCUT2D eigenvalue weighted by molar-refractivity contribution is 0.250. The highest BCUT2D eigenvalue weighted by Gasteiger charge is 2.52. The number of sulfonamides is 1. The van der Waals surface area contributed by atoms with Gasteiger partial charge in [0.25, 0.3) is 0 Å². The second kappa shape index (κ2) is 2.43. The fraction of sp³-hybridized carbons (Fsp3) is 1.00. The standard InChI is InChI=1S/C7H14N2O2S/c1-12(10,11)9-5-4-8-6-7(9)2-3-7/h8H,2-6H2,1H3. The van der Waals surface area contributed by atoms with Gasteiger partial charge in [-0.3, -0.25) is 0 Å². The van der Waals surface area contributed by atoms with E-state index in [4.69, 9.17) is 0 Å². The Morgan fingerprint density at radius 2 is 2.08 bits per heavy atom. The highest BCUT2D eigenvalue weighted by molar-refractivity contribution is 7.88. The van der Waals surface area contributed by atoms with E-state index in [2.05, 4.69) is 5.32 Å². The van der Waals surface area contributed by atoms with Gasteiger partial charge in [0, 0.05) is 25.2 Å². The largest absolute Gasteiger partial charge is 0.314 e. The van der Waals surface area contributed by atoms with Crippen molar-refractivity contribution in [3.8, 4) is 0 Å². The maximum Gasteiger partial charge on any atom is 0.211 e. The fourth-order valence-corrected chi connectivity index (χ4v) is 3.29. The molecule has 0 aromatic heterocycles. The van der Waals surface area contributed by atoms with Gasteiger partial charge >= 0.3 is 0 Å². The van der Waals surface area contributed by atoms with E-state index >= 15 is 0 Å². The molecule has 2 rings (SSSR count). The van der Waals surface area contributed by atoms with Crippen molar-refractivity contribution in [3.63, 3.8) is 0 Å². The molecule has 1 heterocycles. The first-order valence-electron chi connectivity index (χ1n) is 4.23. The molecule has 1 saturated heterocycles. The van der Waals surface area contributed by atoms with E-state index in [0.717, 1.165) is 25.9 Å². The second-order valence-corrected chi connectivity index (χ2v) is 5.64. The van der Waals surface area contributed by atoms with Crippen LogP contribution in [0.4, 0.5) is 0 Å². The second-order valence-electron chi connectivity index (χ2n) is 3.74. The molecule has 0 radical (unpaired) electrons. The van der Waals surface area contributed by atoms with E-state index in [0.29, 0.717) is 6.54 Å². The molecule has 0 bridgehead atoms. The first-order chi connectivity index (χ1) is 5.55. The van der Waals surface area contributed by atoms with Crippen LogP contribution in [0.2, 0.25) is 0 Å². The Morgan fingerprint density at radius 3 is 2.50 bits per heavy atom. The molecule has 0 atom stereocenters. The molecule has 1 aliphatic heterocycles. The van der Waals surface area contributed by atoms with Gasteiger partial charge in [-0.2, -0.15) is 4.31 Å². The van der Waals surface area contributed by atoms with E-state index in [-0.39, 0.29) is 5.54 Å². The maximum absolute atomic E-state index is 11.3. The molecule has 0 aromatic carbocycles. The normalized spacial score (nSPS) is 29.1. The van der Waals surface area contributed by atoms with Gasteiger partial charge in [0.15, 0.2) is 0 Å². The van der Waals surface area contributed by atoms with Crippen LogP contribution in [0.3, 0.4) is 0 Å². The Labute approximate surface area is 73.0 Å². The first-order valence-corrected chi connectivity index (χ1v) is 6.08. The molecule has 4 nitrogen and oxygen atoms in total. The van der Waals surface area contributed by atoms with Crippen molar-refractivity contribution in [3.05, 3.63) is 0 Å². The third kappa shape index (κ3) is 1.26. The smallest absolute Gasteiger partial charge is 0.211 e. The van der Waals surface area contributed by atoms with Crippen molar-refractivity contribution < 1.29 is 8.42 Å². The van der Waals surface area contributed by atoms with E-state index in [1.165, 1.54) is 6.26 Å². The van der Waals surface area contributed by atoms with E-state index in [9.17, 15) is 8.42 Å². The van der Waals surface area contributed by atoms with Crippen LogP contribution in [-0.2, 0) is 10.0 Å². The number of hydrogen-bond donors (Lipinski definition) is 1. The van der Waals surface area contributed by atoms with Gasteiger partial charge in [-0.25, -0.2) is 8.42 Å². The van der Waals surface area contributed by atoms with Crippen LogP contribution in [-0.4, -0.2) is 44.2 Å².